The zero-order valence-corrected chi connectivity index (χ0v) is 17.6. The maximum Gasteiger partial charge on any atom is 0.238 e. The van der Waals surface area contributed by atoms with E-state index in [1.807, 2.05) is 72.8 Å². The summed E-state index contributed by atoms with van der Waals surface area (Å²) in [6.07, 6.45) is 0. The van der Waals surface area contributed by atoms with Crippen molar-refractivity contribution in [1.82, 2.24) is 5.32 Å². The Kier molecular flexibility index (Phi) is 6.93. The summed E-state index contributed by atoms with van der Waals surface area (Å²) in [6.45, 7) is 1.51. The smallest absolute Gasteiger partial charge is 0.238 e. The van der Waals surface area contributed by atoms with E-state index in [1.165, 1.54) is 6.92 Å². The third-order valence-corrected chi connectivity index (χ3v) is 4.95. The van der Waals surface area contributed by atoms with Crippen molar-refractivity contribution in [2.75, 3.05) is 17.3 Å². The van der Waals surface area contributed by atoms with Gasteiger partial charge in [0.05, 0.1) is 5.92 Å². The van der Waals surface area contributed by atoms with E-state index < -0.39 is 5.92 Å². The van der Waals surface area contributed by atoms with Crippen LogP contribution < -0.4 is 15.5 Å². The van der Waals surface area contributed by atoms with Gasteiger partial charge < -0.3 is 15.5 Å². The van der Waals surface area contributed by atoms with E-state index in [1.54, 1.807) is 24.1 Å². The van der Waals surface area contributed by atoms with Crippen LogP contribution in [0.2, 0.25) is 0 Å². The number of thiocarbonyl (C=S) groups is 1. The molecule has 0 aliphatic carbocycles. The number of hydrogen-bond acceptors (Lipinski definition) is 3. The summed E-state index contributed by atoms with van der Waals surface area (Å²) in [6, 6.07) is 26.4. The molecule has 152 valence electrons. The minimum Gasteiger partial charge on any atom is -0.332 e. The lowest BCUT2D eigenvalue weighted by Gasteiger charge is -2.19. The number of hydrogen-bond donors (Lipinski definition) is 2. The lowest BCUT2D eigenvalue weighted by Crippen LogP contribution is -2.37. The Morgan fingerprint density at radius 1 is 0.833 bits per heavy atom. The van der Waals surface area contributed by atoms with Crippen LogP contribution in [-0.2, 0) is 9.59 Å². The predicted octanol–water partition coefficient (Wildman–Crippen LogP) is 4.31. The molecule has 3 aromatic rings. The molecule has 0 heterocycles. The molecule has 6 heteroatoms. The topological polar surface area (TPSA) is 61.4 Å². The number of anilines is 2. The number of nitrogens with zero attached hydrogens (tertiary/aromatic N) is 1. The average Bonchev–Trinajstić information content (AvgIpc) is 2.75. The largest absolute Gasteiger partial charge is 0.332 e. The van der Waals surface area contributed by atoms with E-state index in [-0.39, 0.29) is 16.9 Å². The van der Waals surface area contributed by atoms with Crippen LogP contribution in [0.5, 0.6) is 0 Å². The van der Waals surface area contributed by atoms with Crippen molar-refractivity contribution in [1.29, 1.82) is 0 Å². The number of benzene rings is 3. The lowest BCUT2D eigenvalue weighted by atomic mass is 9.90. The van der Waals surface area contributed by atoms with Crippen LogP contribution >= 0.6 is 12.2 Å². The van der Waals surface area contributed by atoms with Gasteiger partial charge in [-0.05, 0) is 47.6 Å². The quantitative estimate of drug-likeness (QED) is 0.607. The van der Waals surface area contributed by atoms with E-state index in [0.717, 1.165) is 22.5 Å². The second kappa shape index (κ2) is 9.80. The molecule has 0 saturated carbocycles. The number of carbonyl (C=O) groups excluding carboxylic acids is 2. The lowest BCUT2D eigenvalue weighted by molar-refractivity contribution is -0.120. The van der Waals surface area contributed by atoms with Crippen molar-refractivity contribution in [2.45, 2.75) is 12.8 Å². The minimum absolute atomic E-state index is 0.0497. The normalized spacial score (nSPS) is 10.4. The van der Waals surface area contributed by atoms with Gasteiger partial charge in [-0.3, -0.25) is 9.59 Å². The van der Waals surface area contributed by atoms with Crippen LogP contribution in [0.3, 0.4) is 0 Å². The molecule has 0 fully saturated rings. The summed E-state index contributed by atoms with van der Waals surface area (Å²) in [4.78, 5) is 26.1. The SMILES string of the molecule is CC(=O)N(C)c1ccc(NC(=S)NC(=O)C(c2ccccc2)c2ccccc2)cc1. The highest BCUT2D eigenvalue weighted by Crippen LogP contribution is 2.25. The Hall–Kier alpha value is -3.51. The molecule has 0 bridgehead atoms. The van der Waals surface area contributed by atoms with Gasteiger partial charge in [0, 0.05) is 25.3 Å². The fourth-order valence-electron chi connectivity index (χ4n) is 3.08. The molecule has 0 aliphatic rings. The second-order valence-electron chi connectivity index (χ2n) is 6.82. The second-order valence-corrected chi connectivity index (χ2v) is 7.23. The zero-order chi connectivity index (χ0) is 21.5. The summed E-state index contributed by atoms with van der Waals surface area (Å²) in [5.74, 6) is -0.733. The van der Waals surface area contributed by atoms with E-state index in [0.29, 0.717) is 0 Å². The molecule has 3 rings (SSSR count). The molecule has 0 aliphatic heterocycles. The van der Waals surface area contributed by atoms with Crippen LogP contribution in [-0.4, -0.2) is 24.0 Å². The van der Waals surface area contributed by atoms with Gasteiger partial charge in [0.2, 0.25) is 11.8 Å². The number of carbonyl (C=O) groups is 2. The molecule has 0 saturated heterocycles. The summed E-state index contributed by atoms with van der Waals surface area (Å²) in [5.41, 5.74) is 3.27. The first-order valence-corrected chi connectivity index (χ1v) is 9.92. The fraction of sp³-hybridized carbons (Fsp3) is 0.125. The Morgan fingerprint density at radius 2 is 1.33 bits per heavy atom. The third kappa shape index (κ3) is 5.30. The first-order valence-electron chi connectivity index (χ1n) is 9.52. The molecular weight excluding hydrogens is 394 g/mol. The molecule has 0 unspecified atom stereocenters. The van der Waals surface area contributed by atoms with Crippen LogP contribution in [0.4, 0.5) is 11.4 Å². The monoisotopic (exact) mass is 417 g/mol. The van der Waals surface area contributed by atoms with Gasteiger partial charge in [0.15, 0.2) is 5.11 Å². The van der Waals surface area contributed by atoms with Gasteiger partial charge in [-0.1, -0.05) is 60.7 Å². The Bertz CT molecular complexity index is 982. The molecule has 0 aromatic heterocycles. The van der Waals surface area contributed by atoms with Crippen LogP contribution in [0.25, 0.3) is 0 Å². The third-order valence-electron chi connectivity index (χ3n) is 4.75. The fourth-order valence-corrected chi connectivity index (χ4v) is 3.30. The van der Waals surface area contributed by atoms with Crippen LogP contribution in [0.15, 0.2) is 84.9 Å². The molecule has 0 atom stereocenters. The van der Waals surface area contributed by atoms with Gasteiger partial charge in [0.25, 0.3) is 0 Å². The summed E-state index contributed by atoms with van der Waals surface area (Å²) >= 11 is 5.35. The first-order chi connectivity index (χ1) is 14.5. The molecule has 5 nitrogen and oxygen atoms in total. The number of rotatable bonds is 5. The van der Waals surface area contributed by atoms with Crippen LogP contribution in [0.1, 0.15) is 24.0 Å². The van der Waals surface area contributed by atoms with Crippen molar-refractivity contribution in [3.63, 3.8) is 0 Å². The maximum absolute atomic E-state index is 13.1. The van der Waals surface area contributed by atoms with Gasteiger partial charge in [-0.2, -0.15) is 0 Å². The van der Waals surface area contributed by atoms with Crippen molar-refractivity contribution >= 4 is 40.5 Å². The highest BCUT2D eigenvalue weighted by molar-refractivity contribution is 7.80. The van der Waals surface area contributed by atoms with Crippen molar-refractivity contribution < 1.29 is 9.59 Å². The van der Waals surface area contributed by atoms with E-state index in [4.69, 9.17) is 12.2 Å². The summed E-state index contributed by atoms with van der Waals surface area (Å²) in [7, 11) is 1.71. The molecule has 0 radical (unpaired) electrons. The molecule has 30 heavy (non-hydrogen) atoms. The molecule has 3 aromatic carbocycles. The highest BCUT2D eigenvalue weighted by atomic mass is 32.1. The Labute approximate surface area is 181 Å². The van der Waals surface area contributed by atoms with Crippen LogP contribution in [0, 0.1) is 0 Å². The van der Waals surface area contributed by atoms with Crippen molar-refractivity contribution in [3.05, 3.63) is 96.1 Å². The molecular formula is C24H23N3O2S. The zero-order valence-electron chi connectivity index (χ0n) is 16.8. The number of amides is 2. The Morgan fingerprint density at radius 3 is 1.80 bits per heavy atom. The van der Waals surface area contributed by atoms with E-state index in [2.05, 4.69) is 10.6 Å². The summed E-state index contributed by atoms with van der Waals surface area (Å²) in [5, 5.41) is 6.03. The molecule has 0 spiro atoms. The van der Waals surface area contributed by atoms with E-state index in [9.17, 15) is 9.59 Å². The van der Waals surface area contributed by atoms with Gasteiger partial charge in [-0.25, -0.2) is 0 Å². The van der Waals surface area contributed by atoms with E-state index >= 15 is 0 Å². The number of nitrogens with one attached hydrogen (secondary N) is 2. The maximum atomic E-state index is 13.1. The Balaban J connectivity index is 1.71. The van der Waals surface area contributed by atoms with Gasteiger partial charge in [0.1, 0.15) is 0 Å². The molecule has 2 amide bonds. The molecule has 2 N–H and O–H groups in total. The van der Waals surface area contributed by atoms with Gasteiger partial charge in [-0.15, -0.1) is 0 Å². The minimum atomic E-state index is -0.473. The standard InChI is InChI=1S/C24H23N3O2S/c1-17(28)27(2)21-15-13-20(14-16-21)25-24(30)26-23(29)22(18-9-5-3-6-10-18)19-11-7-4-8-12-19/h3-16,22H,1-2H3,(H2,25,26,29,30). The first kappa shape index (κ1) is 21.2. The highest BCUT2D eigenvalue weighted by Gasteiger charge is 2.23. The van der Waals surface area contributed by atoms with Crippen molar-refractivity contribution in [2.24, 2.45) is 0 Å². The van der Waals surface area contributed by atoms with Crippen molar-refractivity contribution in [3.8, 4) is 0 Å². The average molecular weight is 418 g/mol. The van der Waals surface area contributed by atoms with Gasteiger partial charge >= 0.3 is 0 Å². The summed E-state index contributed by atoms with van der Waals surface area (Å²) < 4.78 is 0. The predicted molar refractivity (Wildman–Crippen MR) is 125 cm³/mol.